The highest BCUT2D eigenvalue weighted by Gasteiger charge is 2.18. The molecule has 0 aromatic carbocycles. The van der Waals surface area contributed by atoms with Gasteiger partial charge in [0.2, 0.25) is 0 Å². The van der Waals surface area contributed by atoms with E-state index in [-0.39, 0.29) is 10.3 Å². The predicted octanol–water partition coefficient (Wildman–Crippen LogP) is 1.47. The molecule has 1 unspecified atom stereocenters. The molecule has 0 saturated carbocycles. The summed E-state index contributed by atoms with van der Waals surface area (Å²) in [7, 11) is -3.51. The van der Waals surface area contributed by atoms with Gasteiger partial charge in [0, 0.05) is 6.04 Å². The lowest BCUT2D eigenvalue weighted by Crippen LogP contribution is -2.30. The Kier molecular flexibility index (Phi) is 3.63. The Hall–Kier alpha value is -1.16. The summed E-state index contributed by atoms with van der Waals surface area (Å²) in [6, 6.07) is 4.46. The summed E-state index contributed by atoms with van der Waals surface area (Å²) in [5, 5.41) is 8.57. The molecule has 1 N–H and O–H groups in total. The number of nitrogens with zero attached hydrogens (tertiary/aromatic N) is 1. The van der Waals surface area contributed by atoms with E-state index in [1.807, 2.05) is 6.07 Å². The number of nitrogens with one attached hydrogen (secondary N) is 1. The van der Waals surface area contributed by atoms with Crippen LogP contribution in [0.3, 0.4) is 0 Å². The van der Waals surface area contributed by atoms with Gasteiger partial charge in [0.1, 0.15) is 15.2 Å². The highest BCUT2D eigenvalue weighted by atomic mass is 32.2. The van der Waals surface area contributed by atoms with Crippen molar-refractivity contribution < 1.29 is 8.42 Å². The summed E-state index contributed by atoms with van der Waals surface area (Å²) in [5.74, 6) is 0. The largest absolute Gasteiger partial charge is 0.250 e. The molecule has 1 atom stereocenters. The first-order valence-electron chi connectivity index (χ1n) is 4.14. The molecule has 4 nitrogen and oxygen atoms in total. The highest BCUT2D eigenvalue weighted by Crippen LogP contribution is 2.20. The van der Waals surface area contributed by atoms with Crippen LogP contribution in [0.5, 0.6) is 0 Å². The van der Waals surface area contributed by atoms with Gasteiger partial charge in [0.15, 0.2) is 0 Å². The molecular weight excluding hydrogens is 232 g/mol. The highest BCUT2D eigenvalue weighted by molar-refractivity contribution is 7.91. The van der Waals surface area contributed by atoms with Crippen LogP contribution in [-0.2, 0) is 10.0 Å². The van der Waals surface area contributed by atoms with Crippen LogP contribution in [0, 0.1) is 11.3 Å². The molecule has 0 fully saturated rings. The zero-order chi connectivity index (χ0) is 11.5. The van der Waals surface area contributed by atoms with Crippen LogP contribution in [-0.4, -0.2) is 14.5 Å². The molecule has 0 bridgehead atoms. The molecule has 1 aromatic rings. The molecule has 0 aliphatic rings. The second-order valence-electron chi connectivity index (χ2n) is 2.88. The van der Waals surface area contributed by atoms with Gasteiger partial charge in [-0.1, -0.05) is 6.08 Å². The van der Waals surface area contributed by atoms with Crippen molar-refractivity contribution in [2.45, 2.75) is 17.2 Å². The first-order valence-corrected chi connectivity index (χ1v) is 6.44. The van der Waals surface area contributed by atoms with Gasteiger partial charge in [-0.3, -0.25) is 0 Å². The Morgan fingerprint density at radius 3 is 2.80 bits per heavy atom. The standard InChI is InChI=1S/C9H10N2O2S2/c1-3-7(2)11-15(12,13)9-5-4-8(6-10)14-9/h3-5,7,11H,1H2,2H3. The van der Waals surface area contributed by atoms with Gasteiger partial charge in [-0.25, -0.2) is 13.1 Å². The van der Waals surface area contributed by atoms with Crippen molar-refractivity contribution in [2.75, 3.05) is 0 Å². The van der Waals surface area contributed by atoms with Crippen molar-refractivity contribution in [1.29, 1.82) is 5.26 Å². The number of rotatable bonds is 4. The third-order valence-corrected chi connectivity index (χ3v) is 4.69. The minimum Gasteiger partial charge on any atom is -0.206 e. The second kappa shape index (κ2) is 4.57. The van der Waals surface area contributed by atoms with Crippen molar-refractivity contribution in [3.8, 4) is 6.07 Å². The SMILES string of the molecule is C=CC(C)NS(=O)(=O)c1ccc(C#N)s1. The van der Waals surface area contributed by atoms with Gasteiger partial charge in [0.25, 0.3) is 10.0 Å². The molecule has 0 aliphatic heterocycles. The van der Waals surface area contributed by atoms with E-state index in [0.29, 0.717) is 4.88 Å². The smallest absolute Gasteiger partial charge is 0.206 e. The van der Waals surface area contributed by atoms with E-state index in [1.165, 1.54) is 18.2 Å². The zero-order valence-corrected chi connectivity index (χ0v) is 9.73. The third-order valence-electron chi connectivity index (χ3n) is 1.65. The van der Waals surface area contributed by atoms with Crippen LogP contribution in [0.15, 0.2) is 29.0 Å². The lowest BCUT2D eigenvalue weighted by Gasteiger charge is -2.07. The Morgan fingerprint density at radius 1 is 1.67 bits per heavy atom. The maximum atomic E-state index is 11.7. The van der Waals surface area contributed by atoms with E-state index in [4.69, 9.17) is 5.26 Å². The normalized spacial score (nSPS) is 13.1. The van der Waals surface area contributed by atoms with Crippen LogP contribution in [0.1, 0.15) is 11.8 Å². The van der Waals surface area contributed by atoms with Crippen molar-refractivity contribution in [1.82, 2.24) is 4.72 Å². The molecule has 0 spiro atoms. The fraction of sp³-hybridized carbons (Fsp3) is 0.222. The summed E-state index contributed by atoms with van der Waals surface area (Å²) in [5.41, 5.74) is 0. The van der Waals surface area contributed by atoms with Gasteiger partial charge in [-0.2, -0.15) is 5.26 Å². The Morgan fingerprint density at radius 2 is 2.33 bits per heavy atom. The third kappa shape index (κ3) is 2.89. The van der Waals surface area contributed by atoms with Gasteiger partial charge in [0.05, 0.1) is 0 Å². The van der Waals surface area contributed by atoms with Crippen LogP contribution < -0.4 is 4.72 Å². The number of hydrogen-bond acceptors (Lipinski definition) is 4. The summed E-state index contributed by atoms with van der Waals surface area (Å²) < 4.78 is 25.9. The second-order valence-corrected chi connectivity index (χ2v) is 5.90. The van der Waals surface area contributed by atoms with Gasteiger partial charge < -0.3 is 0 Å². The van der Waals surface area contributed by atoms with Gasteiger partial charge in [-0.05, 0) is 19.1 Å². The molecule has 0 saturated heterocycles. The van der Waals surface area contributed by atoms with Gasteiger partial charge in [-0.15, -0.1) is 17.9 Å². The minimum absolute atomic E-state index is 0.146. The van der Waals surface area contributed by atoms with E-state index in [0.717, 1.165) is 11.3 Å². The van der Waals surface area contributed by atoms with E-state index in [2.05, 4.69) is 11.3 Å². The van der Waals surface area contributed by atoms with E-state index in [1.54, 1.807) is 6.92 Å². The summed E-state index contributed by atoms with van der Waals surface area (Å²) in [6.07, 6.45) is 1.50. The van der Waals surface area contributed by atoms with Crippen LogP contribution in [0.2, 0.25) is 0 Å². The fourth-order valence-corrected chi connectivity index (χ4v) is 3.21. The maximum Gasteiger partial charge on any atom is 0.250 e. The van der Waals surface area contributed by atoms with Crippen molar-refractivity contribution in [3.05, 3.63) is 29.7 Å². The predicted molar refractivity (Wildman–Crippen MR) is 59.0 cm³/mol. The van der Waals surface area contributed by atoms with E-state index >= 15 is 0 Å². The lowest BCUT2D eigenvalue weighted by molar-refractivity contribution is 0.578. The fourth-order valence-electron chi connectivity index (χ4n) is 0.876. The molecule has 80 valence electrons. The number of sulfonamides is 1. The molecule has 0 amide bonds. The zero-order valence-electron chi connectivity index (χ0n) is 8.10. The molecule has 0 aliphatic carbocycles. The van der Waals surface area contributed by atoms with E-state index in [9.17, 15) is 8.42 Å². The topological polar surface area (TPSA) is 70.0 Å². The molecule has 1 aromatic heterocycles. The van der Waals surface area contributed by atoms with E-state index < -0.39 is 10.0 Å². The Bertz CT molecular complexity index is 496. The average molecular weight is 242 g/mol. The maximum absolute atomic E-state index is 11.7. The molecule has 1 rings (SSSR count). The van der Waals surface area contributed by atoms with Gasteiger partial charge >= 0.3 is 0 Å². The van der Waals surface area contributed by atoms with Crippen LogP contribution >= 0.6 is 11.3 Å². The molecule has 15 heavy (non-hydrogen) atoms. The quantitative estimate of drug-likeness (QED) is 0.813. The molecule has 0 radical (unpaired) electrons. The molecular formula is C9H10N2O2S2. The molecule has 1 heterocycles. The number of hydrogen-bond donors (Lipinski definition) is 1. The van der Waals surface area contributed by atoms with Crippen LogP contribution in [0.25, 0.3) is 0 Å². The Labute approximate surface area is 92.9 Å². The molecule has 6 heteroatoms. The first kappa shape index (κ1) is 11.9. The summed E-state index contributed by atoms with van der Waals surface area (Å²) in [6.45, 7) is 5.17. The van der Waals surface area contributed by atoms with Crippen LogP contribution in [0.4, 0.5) is 0 Å². The van der Waals surface area contributed by atoms with Crippen molar-refractivity contribution in [2.24, 2.45) is 0 Å². The lowest BCUT2D eigenvalue weighted by atomic mass is 10.4. The summed E-state index contributed by atoms with van der Waals surface area (Å²) in [4.78, 5) is 0.377. The number of thiophene rings is 1. The monoisotopic (exact) mass is 242 g/mol. The average Bonchev–Trinajstić information content (AvgIpc) is 2.65. The summed E-state index contributed by atoms with van der Waals surface area (Å²) >= 11 is 0.946. The van der Waals surface area contributed by atoms with Crippen molar-refractivity contribution in [3.63, 3.8) is 0 Å². The minimum atomic E-state index is -3.51. The Balaban J connectivity index is 2.97. The number of nitriles is 1. The first-order chi connectivity index (χ1) is 6.99. The van der Waals surface area contributed by atoms with Crippen molar-refractivity contribution >= 4 is 21.4 Å².